The van der Waals surface area contributed by atoms with Crippen LogP contribution in [0, 0.1) is 0 Å². The molecule has 2 heterocycles. The van der Waals surface area contributed by atoms with Crippen molar-refractivity contribution in [3.05, 3.63) is 128 Å². The van der Waals surface area contributed by atoms with Crippen LogP contribution in [0.2, 0.25) is 5.02 Å². The van der Waals surface area contributed by atoms with Crippen LogP contribution >= 0.6 is 11.6 Å². The second kappa shape index (κ2) is 14.5. The van der Waals surface area contributed by atoms with Crippen molar-refractivity contribution in [2.75, 3.05) is 6.54 Å². The summed E-state index contributed by atoms with van der Waals surface area (Å²) >= 11 is 6.14. The van der Waals surface area contributed by atoms with E-state index in [2.05, 4.69) is 35.7 Å². The molecular weight excluding hydrogens is 596 g/mol. The summed E-state index contributed by atoms with van der Waals surface area (Å²) in [6.07, 6.45) is 10.2. The first kappa shape index (κ1) is 31.8. The Kier molecular flexibility index (Phi) is 10.0. The van der Waals surface area contributed by atoms with Crippen molar-refractivity contribution in [3.8, 4) is 0 Å². The van der Waals surface area contributed by atoms with Gasteiger partial charge in [-0.05, 0) is 104 Å². The van der Waals surface area contributed by atoms with Crippen LogP contribution in [-0.4, -0.2) is 29.3 Å². The lowest BCUT2D eigenvalue weighted by Gasteiger charge is -2.31. The van der Waals surface area contributed by atoms with Crippen LogP contribution in [0.25, 0.3) is 11.0 Å². The lowest BCUT2D eigenvalue weighted by Crippen LogP contribution is -2.36. The summed E-state index contributed by atoms with van der Waals surface area (Å²) in [4.78, 5) is 40.9. The minimum Gasteiger partial charge on any atom is -0.451 e. The monoisotopic (exact) mass is 636 g/mol. The fourth-order valence-electron chi connectivity index (χ4n) is 6.86. The van der Waals surface area contributed by atoms with Gasteiger partial charge in [0.25, 0.3) is 5.91 Å². The van der Waals surface area contributed by atoms with Crippen molar-refractivity contribution in [1.29, 1.82) is 0 Å². The Morgan fingerprint density at radius 2 is 1.74 bits per heavy atom. The molecule has 6 nitrogen and oxygen atoms in total. The molecule has 1 saturated carbocycles. The fraction of sp³-hybridized carbons (Fsp3) is 0.359. The molecule has 2 fully saturated rings. The van der Waals surface area contributed by atoms with Crippen molar-refractivity contribution in [3.63, 3.8) is 0 Å². The van der Waals surface area contributed by atoms with Gasteiger partial charge in [0.2, 0.25) is 5.91 Å². The Morgan fingerprint density at radius 1 is 0.978 bits per heavy atom. The SMILES string of the molecule is CCc1ccc2oc(C(=O)N[C@@H](C=C3CCC(c4ccccc4CN4CCCCC4=O)CC3)Cc3ccc(Cl)cc3)cc(=O)c2c1. The van der Waals surface area contributed by atoms with Crippen molar-refractivity contribution in [2.45, 2.75) is 83.2 Å². The summed E-state index contributed by atoms with van der Waals surface area (Å²) in [5.41, 5.74) is 6.19. The van der Waals surface area contributed by atoms with Crippen LogP contribution in [0.15, 0.2) is 93.7 Å². The Bertz CT molecular complexity index is 1800. The van der Waals surface area contributed by atoms with Gasteiger partial charge in [-0.3, -0.25) is 14.4 Å². The third-order valence-electron chi connectivity index (χ3n) is 9.45. The van der Waals surface area contributed by atoms with Crippen LogP contribution < -0.4 is 10.7 Å². The first-order valence-electron chi connectivity index (χ1n) is 16.5. The van der Waals surface area contributed by atoms with E-state index in [1.54, 1.807) is 6.07 Å². The highest BCUT2D eigenvalue weighted by Gasteiger charge is 2.25. The summed E-state index contributed by atoms with van der Waals surface area (Å²) in [6, 6.07) is 22.8. The molecule has 4 aromatic rings. The predicted molar refractivity (Wildman–Crippen MR) is 183 cm³/mol. The first-order valence-corrected chi connectivity index (χ1v) is 16.9. The minimum atomic E-state index is -0.413. The number of halogens is 1. The summed E-state index contributed by atoms with van der Waals surface area (Å²) in [7, 11) is 0. The second-order valence-corrected chi connectivity index (χ2v) is 13.1. The van der Waals surface area contributed by atoms with E-state index in [-0.39, 0.29) is 23.1 Å². The van der Waals surface area contributed by atoms with E-state index in [9.17, 15) is 14.4 Å². The molecule has 0 spiro atoms. The van der Waals surface area contributed by atoms with Crippen LogP contribution in [0.1, 0.15) is 90.6 Å². The van der Waals surface area contributed by atoms with Crippen LogP contribution in [0.4, 0.5) is 0 Å². The third-order valence-corrected chi connectivity index (χ3v) is 9.70. The van der Waals surface area contributed by atoms with Gasteiger partial charge in [0, 0.05) is 30.6 Å². The molecule has 2 aliphatic rings. The molecule has 1 aliphatic heterocycles. The number of benzene rings is 3. The molecule has 3 aromatic carbocycles. The number of fused-ring (bicyclic) bond motifs is 1. The van der Waals surface area contributed by atoms with E-state index in [1.165, 1.54) is 22.8 Å². The van der Waals surface area contributed by atoms with E-state index in [0.29, 0.717) is 41.3 Å². The van der Waals surface area contributed by atoms with Crippen LogP contribution in [-0.2, 0) is 24.2 Å². The number of carbonyl (C=O) groups is 2. The second-order valence-electron chi connectivity index (χ2n) is 12.6. The first-order chi connectivity index (χ1) is 22.4. The van der Waals surface area contributed by atoms with Crippen molar-refractivity contribution >= 4 is 34.4 Å². The van der Waals surface area contributed by atoms with E-state index < -0.39 is 5.91 Å². The zero-order valence-electron chi connectivity index (χ0n) is 26.4. The number of likely N-dealkylation sites (tertiary alicyclic amines) is 1. The average Bonchev–Trinajstić information content (AvgIpc) is 3.07. The molecule has 6 rings (SSSR count). The molecule has 7 heteroatoms. The smallest absolute Gasteiger partial charge is 0.287 e. The quantitative estimate of drug-likeness (QED) is 0.188. The molecule has 0 radical (unpaired) electrons. The summed E-state index contributed by atoms with van der Waals surface area (Å²) in [5.74, 6) is 0.285. The molecule has 1 atom stereocenters. The largest absolute Gasteiger partial charge is 0.451 e. The minimum absolute atomic E-state index is 0.00811. The van der Waals surface area contributed by atoms with E-state index in [1.807, 2.05) is 48.2 Å². The maximum atomic E-state index is 13.5. The highest BCUT2D eigenvalue weighted by Crippen LogP contribution is 2.37. The molecule has 0 unspecified atom stereocenters. The molecule has 1 saturated heterocycles. The van der Waals surface area contributed by atoms with Gasteiger partial charge < -0.3 is 14.6 Å². The van der Waals surface area contributed by atoms with Gasteiger partial charge in [0.1, 0.15) is 5.58 Å². The van der Waals surface area contributed by atoms with E-state index >= 15 is 0 Å². The number of allylic oxidation sites excluding steroid dienone is 1. The van der Waals surface area contributed by atoms with E-state index in [4.69, 9.17) is 16.0 Å². The van der Waals surface area contributed by atoms with Gasteiger partial charge in [-0.2, -0.15) is 0 Å². The molecule has 1 aromatic heterocycles. The maximum Gasteiger partial charge on any atom is 0.287 e. The highest BCUT2D eigenvalue weighted by atomic mass is 35.5. The topological polar surface area (TPSA) is 79.6 Å². The predicted octanol–water partition coefficient (Wildman–Crippen LogP) is 8.15. The van der Waals surface area contributed by atoms with Gasteiger partial charge in [0.05, 0.1) is 11.4 Å². The summed E-state index contributed by atoms with van der Waals surface area (Å²) < 4.78 is 5.92. The Labute approximate surface area is 275 Å². The van der Waals surface area contributed by atoms with Crippen molar-refractivity contribution < 1.29 is 14.0 Å². The lowest BCUT2D eigenvalue weighted by atomic mass is 9.79. The maximum absolute atomic E-state index is 13.5. The lowest BCUT2D eigenvalue weighted by molar-refractivity contribution is -0.133. The molecule has 1 aliphatic carbocycles. The number of amides is 2. The summed E-state index contributed by atoms with van der Waals surface area (Å²) in [6.45, 7) is 3.56. The molecule has 238 valence electrons. The Morgan fingerprint density at radius 3 is 2.50 bits per heavy atom. The number of rotatable bonds is 9. The third kappa shape index (κ3) is 7.61. The number of piperidine rings is 1. The van der Waals surface area contributed by atoms with Crippen LogP contribution in [0.3, 0.4) is 0 Å². The molecular formula is C39H41ClN2O4. The molecule has 1 N–H and O–H groups in total. The van der Waals surface area contributed by atoms with Gasteiger partial charge in [0.15, 0.2) is 11.2 Å². The molecule has 0 bridgehead atoms. The number of hydrogen-bond donors (Lipinski definition) is 1. The average molecular weight is 637 g/mol. The van der Waals surface area contributed by atoms with Gasteiger partial charge in [-0.25, -0.2) is 0 Å². The zero-order valence-corrected chi connectivity index (χ0v) is 27.2. The number of nitrogens with one attached hydrogen (secondary N) is 1. The fourth-order valence-corrected chi connectivity index (χ4v) is 6.99. The van der Waals surface area contributed by atoms with Gasteiger partial charge in [-0.1, -0.05) is 72.6 Å². The molecule has 2 amide bonds. The number of hydrogen-bond acceptors (Lipinski definition) is 4. The van der Waals surface area contributed by atoms with E-state index in [0.717, 1.165) is 62.6 Å². The molecule has 46 heavy (non-hydrogen) atoms. The normalized spacial score (nSPS) is 17.6. The summed E-state index contributed by atoms with van der Waals surface area (Å²) in [5, 5.41) is 4.29. The zero-order chi connectivity index (χ0) is 32.0. The number of nitrogens with zero attached hydrogens (tertiary/aromatic N) is 1. The Balaban J connectivity index is 1.18. The van der Waals surface area contributed by atoms with Crippen molar-refractivity contribution in [2.24, 2.45) is 0 Å². The number of carbonyl (C=O) groups excluding carboxylic acids is 2. The highest BCUT2D eigenvalue weighted by molar-refractivity contribution is 6.30. The number of aryl methyl sites for hydroxylation is 1. The van der Waals surface area contributed by atoms with Crippen molar-refractivity contribution in [1.82, 2.24) is 10.2 Å². The van der Waals surface area contributed by atoms with Gasteiger partial charge in [-0.15, -0.1) is 0 Å². The Hall–Kier alpha value is -4.16. The van der Waals surface area contributed by atoms with Gasteiger partial charge >= 0.3 is 0 Å². The van der Waals surface area contributed by atoms with Crippen LogP contribution in [0.5, 0.6) is 0 Å². The standard InChI is InChI=1S/C39H41ClN2O4/c1-2-26-14-19-36-34(23-26)35(43)24-37(46-36)39(45)41-32(22-28-12-17-31(40)18-13-28)21-27-10-15-29(16-11-27)33-8-4-3-7-30(33)25-42-20-6-5-9-38(42)44/h3-4,7-8,12-14,17-19,21,23-24,29,32H,2,5-6,9-11,15-16,20,22,25H2,1H3,(H,41,45)/t29?,32-/m0/s1.